The summed E-state index contributed by atoms with van der Waals surface area (Å²) in [5.41, 5.74) is 2.71. The van der Waals surface area contributed by atoms with Gasteiger partial charge in [0, 0.05) is 16.5 Å². The van der Waals surface area contributed by atoms with Crippen LogP contribution in [-0.2, 0) is 19.6 Å². The number of furan rings is 1. The molecule has 0 spiro atoms. The molecule has 0 saturated heterocycles. The number of carbonyl (C=O) groups excluding carboxylic acids is 1. The summed E-state index contributed by atoms with van der Waals surface area (Å²) in [5, 5.41) is 0.806. The fraction of sp³-hybridized carbons (Fsp3) is 0.192. The van der Waals surface area contributed by atoms with E-state index in [4.69, 9.17) is 9.15 Å². The predicted octanol–water partition coefficient (Wildman–Crippen LogP) is 4.90. The molecule has 0 bridgehead atoms. The van der Waals surface area contributed by atoms with Gasteiger partial charge in [-0.2, -0.15) is 0 Å². The highest BCUT2D eigenvalue weighted by atomic mass is 32.2. The Kier molecular flexibility index (Phi) is 5.53. The molecule has 2 aromatic carbocycles. The summed E-state index contributed by atoms with van der Waals surface area (Å²) in [4.78, 5) is 16.5. The van der Waals surface area contributed by atoms with Crippen LogP contribution in [0.1, 0.15) is 29.7 Å². The minimum Gasteiger partial charge on any atom is -0.468 e. The topological polar surface area (TPSA) is 92.6 Å². The molecule has 34 heavy (non-hydrogen) atoms. The number of H-pyrrole nitrogens is 1. The standard InChI is InChI=1S/C26H24N2O5S/c1-3-32-26(29)20-14-15-28(34(30,31)18-12-10-17(2)11-13-18)25-24(23(20)22-9-6-16-33-22)19-7-4-5-8-21(19)27-25/h4-14,16,23,27H,3,15H2,1-2H3. The Morgan fingerprint density at radius 2 is 1.88 bits per heavy atom. The number of ether oxygens (including phenoxy) is 1. The van der Waals surface area contributed by atoms with E-state index >= 15 is 0 Å². The number of esters is 1. The summed E-state index contributed by atoms with van der Waals surface area (Å²) in [6.45, 7) is 3.80. The Balaban J connectivity index is 1.79. The second-order valence-corrected chi connectivity index (χ2v) is 9.97. The van der Waals surface area contributed by atoms with E-state index in [0.29, 0.717) is 22.7 Å². The summed E-state index contributed by atoms with van der Waals surface area (Å²) < 4.78 is 40.1. The summed E-state index contributed by atoms with van der Waals surface area (Å²) in [6, 6.07) is 17.8. The first-order valence-corrected chi connectivity index (χ1v) is 12.5. The molecule has 0 saturated carbocycles. The van der Waals surface area contributed by atoms with Crippen molar-refractivity contribution in [1.82, 2.24) is 4.98 Å². The quantitative estimate of drug-likeness (QED) is 0.414. The number of sulfonamides is 1. The van der Waals surface area contributed by atoms with Gasteiger partial charge in [-0.15, -0.1) is 0 Å². The van der Waals surface area contributed by atoms with Crippen LogP contribution >= 0.6 is 0 Å². The SMILES string of the molecule is CCOC(=O)C1=CCN(S(=O)(=O)c2ccc(C)cc2)c2[nH]c3ccccc3c2C1c1ccco1. The molecular formula is C26H24N2O5S. The maximum absolute atomic E-state index is 13.8. The van der Waals surface area contributed by atoms with Crippen molar-refractivity contribution in [2.45, 2.75) is 24.7 Å². The minimum atomic E-state index is -3.94. The molecule has 0 fully saturated rings. The van der Waals surface area contributed by atoms with E-state index in [-0.39, 0.29) is 18.0 Å². The summed E-state index contributed by atoms with van der Waals surface area (Å²) >= 11 is 0. The van der Waals surface area contributed by atoms with Gasteiger partial charge >= 0.3 is 5.97 Å². The molecule has 4 aromatic rings. The molecule has 3 heterocycles. The first-order valence-electron chi connectivity index (χ1n) is 11.0. The Morgan fingerprint density at radius 3 is 2.59 bits per heavy atom. The van der Waals surface area contributed by atoms with E-state index in [1.165, 1.54) is 4.31 Å². The van der Waals surface area contributed by atoms with E-state index < -0.39 is 21.9 Å². The predicted molar refractivity (Wildman–Crippen MR) is 129 cm³/mol. The van der Waals surface area contributed by atoms with Gasteiger partial charge in [0.05, 0.1) is 35.8 Å². The molecule has 1 unspecified atom stereocenters. The fourth-order valence-corrected chi connectivity index (χ4v) is 5.80. The van der Waals surface area contributed by atoms with E-state index in [1.807, 2.05) is 31.2 Å². The van der Waals surface area contributed by atoms with E-state index in [0.717, 1.165) is 16.5 Å². The van der Waals surface area contributed by atoms with Gasteiger partial charge in [0.25, 0.3) is 10.0 Å². The van der Waals surface area contributed by atoms with Crippen LogP contribution in [0.5, 0.6) is 0 Å². The Morgan fingerprint density at radius 1 is 1.12 bits per heavy atom. The third-order valence-electron chi connectivity index (χ3n) is 6.00. The zero-order chi connectivity index (χ0) is 23.9. The van der Waals surface area contributed by atoms with Gasteiger partial charge in [-0.1, -0.05) is 42.0 Å². The lowest BCUT2D eigenvalue weighted by Crippen LogP contribution is -2.31. The molecule has 1 N–H and O–H groups in total. The first-order chi connectivity index (χ1) is 16.4. The van der Waals surface area contributed by atoms with Gasteiger partial charge in [-0.3, -0.25) is 0 Å². The van der Waals surface area contributed by atoms with Gasteiger partial charge < -0.3 is 14.1 Å². The fourth-order valence-electron chi connectivity index (χ4n) is 4.41. The molecule has 0 radical (unpaired) electrons. The lowest BCUT2D eigenvalue weighted by Gasteiger charge is -2.23. The number of nitrogens with one attached hydrogen (secondary N) is 1. The Bertz CT molecular complexity index is 1480. The summed E-state index contributed by atoms with van der Waals surface area (Å²) in [7, 11) is -3.94. The molecule has 0 aliphatic carbocycles. The molecule has 5 rings (SSSR count). The number of para-hydroxylation sites is 1. The molecular weight excluding hydrogens is 452 g/mol. The van der Waals surface area contributed by atoms with Crippen LogP contribution in [0.3, 0.4) is 0 Å². The number of rotatable bonds is 5. The summed E-state index contributed by atoms with van der Waals surface area (Å²) in [6.07, 6.45) is 3.16. The number of benzene rings is 2. The van der Waals surface area contributed by atoms with Crippen LogP contribution < -0.4 is 4.31 Å². The lowest BCUT2D eigenvalue weighted by atomic mass is 9.88. The van der Waals surface area contributed by atoms with Crippen molar-refractivity contribution in [3.8, 4) is 0 Å². The largest absolute Gasteiger partial charge is 0.468 e. The molecule has 2 aromatic heterocycles. The van der Waals surface area contributed by atoms with Gasteiger partial charge in [0.1, 0.15) is 11.6 Å². The molecule has 1 atom stereocenters. The second-order valence-electron chi connectivity index (χ2n) is 8.11. The first kappa shape index (κ1) is 22.0. The van der Waals surface area contributed by atoms with Gasteiger partial charge in [-0.05, 0) is 44.2 Å². The van der Waals surface area contributed by atoms with Gasteiger partial charge in [0.15, 0.2) is 0 Å². The molecule has 7 nitrogen and oxygen atoms in total. The number of aromatic nitrogens is 1. The van der Waals surface area contributed by atoms with Crippen molar-refractivity contribution < 1.29 is 22.4 Å². The average molecular weight is 477 g/mol. The van der Waals surface area contributed by atoms with E-state index in [1.54, 1.807) is 55.7 Å². The number of hydrogen-bond donors (Lipinski definition) is 1. The summed E-state index contributed by atoms with van der Waals surface area (Å²) in [5.74, 6) is -0.216. The normalized spacial score (nSPS) is 16.1. The van der Waals surface area contributed by atoms with E-state index in [2.05, 4.69) is 4.98 Å². The number of aryl methyl sites for hydroxylation is 1. The zero-order valence-electron chi connectivity index (χ0n) is 18.8. The van der Waals surface area contributed by atoms with Crippen LogP contribution in [0.25, 0.3) is 10.9 Å². The van der Waals surface area contributed by atoms with Crippen LogP contribution in [-0.4, -0.2) is 32.5 Å². The molecule has 0 amide bonds. The smallest absolute Gasteiger partial charge is 0.334 e. The molecule has 1 aliphatic heterocycles. The number of aromatic amines is 1. The van der Waals surface area contributed by atoms with Gasteiger partial charge in [-0.25, -0.2) is 17.5 Å². The highest BCUT2D eigenvalue weighted by Gasteiger charge is 2.39. The molecule has 174 valence electrons. The number of carbonyl (C=O) groups is 1. The van der Waals surface area contributed by atoms with Crippen LogP contribution in [0.4, 0.5) is 5.82 Å². The number of fused-ring (bicyclic) bond motifs is 3. The monoisotopic (exact) mass is 476 g/mol. The van der Waals surface area contributed by atoms with Crippen molar-refractivity contribution in [3.63, 3.8) is 0 Å². The number of nitrogens with zero attached hydrogens (tertiary/aromatic N) is 1. The zero-order valence-corrected chi connectivity index (χ0v) is 19.6. The van der Waals surface area contributed by atoms with Crippen molar-refractivity contribution in [2.75, 3.05) is 17.5 Å². The van der Waals surface area contributed by atoms with Crippen molar-refractivity contribution >= 4 is 32.7 Å². The second kappa shape index (κ2) is 8.53. The maximum atomic E-state index is 13.8. The Hall–Kier alpha value is -3.78. The van der Waals surface area contributed by atoms with Crippen molar-refractivity contribution in [3.05, 3.63) is 95.5 Å². The van der Waals surface area contributed by atoms with Crippen molar-refractivity contribution in [1.29, 1.82) is 0 Å². The average Bonchev–Trinajstić information content (AvgIpc) is 3.44. The molecule has 8 heteroatoms. The van der Waals surface area contributed by atoms with Crippen LogP contribution in [0.2, 0.25) is 0 Å². The van der Waals surface area contributed by atoms with Crippen LogP contribution in [0.15, 0.2) is 87.9 Å². The van der Waals surface area contributed by atoms with Crippen LogP contribution in [0, 0.1) is 6.92 Å². The lowest BCUT2D eigenvalue weighted by molar-refractivity contribution is -0.138. The van der Waals surface area contributed by atoms with Gasteiger partial charge in [0.2, 0.25) is 0 Å². The number of hydrogen-bond acceptors (Lipinski definition) is 5. The highest BCUT2D eigenvalue weighted by molar-refractivity contribution is 7.92. The van der Waals surface area contributed by atoms with Crippen molar-refractivity contribution in [2.24, 2.45) is 0 Å². The third kappa shape index (κ3) is 3.60. The van der Waals surface area contributed by atoms with E-state index in [9.17, 15) is 13.2 Å². The Labute approximate surface area is 197 Å². The third-order valence-corrected chi connectivity index (χ3v) is 7.78. The molecule has 1 aliphatic rings. The maximum Gasteiger partial charge on any atom is 0.334 e. The minimum absolute atomic E-state index is 0.0403. The number of anilines is 1. The highest BCUT2D eigenvalue weighted by Crippen LogP contribution is 2.45.